The predicted molar refractivity (Wildman–Crippen MR) is 123 cm³/mol. The SMILES string of the molecule is COc1ccccc1CN1C(=O)C(c2ccccc2OC)=C(N2CC(C)CC(C)C2)C1=O. The van der Waals surface area contributed by atoms with Crippen LogP contribution < -0.4 is 9.47 Å². The molecule has 2 aromatic rings. The van der Waals surface area contributed by atoms with E-state index < -0.39 is 0 Å². The lowest BCUT2D eigenvalue weighted by Gasteiger charge is -2.37. The molecule has 2 atom stereocenters. The maximum Gasteiger partial charge on any atom is 0.278 e. The highest BCUT2D eigenvalue weighted by molar-refractivity contribution is 6.36. The molecule has 2 aliphatic rings. The molecule has 2 unspecified atom stereocenters. The van der Waals surface area contributed by atoms with E-state index in [9.17, 15) is 9.59 Å². The monoisotopic (exact) mass is 434 g/mol. The third kappa shape index (κ3) is 3.97. The van der Waals surface area contributed by atoms with Crippen LogP contribution in [0.2, 0.25) is 0 Å². The summed E-state index contributed by atoms with van der Waals surface area (Å²) in [5.74, 6) is 1.56. The summed E-state index contributed by atoms with van der Waals surface area (Å²) in [7, 11) is 3.17. The second-order valence-corrected chi connectivity index (χ2v) is 8.78. The number of hydrogen-bond acceptors (Lipinski definition) is 5. The molecule has 0 bridgehead atoms. The highest BCUT2D eigenvalue weighted by atomic mass is 16.5. The Morgan fingerprint density at radius 1 is 0.844 bits per heavy atom. The van der Waals surface area contributed by atoms with Crippen molar-refractivity contribution in [2.45, 2.75) is 26.8 Å². The summed E-state index contributed by atoms with van der Waals surface area (Å²) < 4.78 is 11.0. The quantitative estimate of drug-likeness (QED) is 0.644. The van der Waals surface area contributed by atoms with E-state index in [1.807, 2.05) is 48.5 Å². The number of nitrogens with zero attached hydrogens (tertiary/aromatic N) is 2. The van der Waals surface area contributed by atoms with Crippen LogP contribution in [0.1, 0.15) is 31.4 Å². The van der Waals surface area contributed by atoms with E-state index in [4.69, 9.17) is 9.47 Å². The number of likely N-dealkylation sites (tertiary alicyclic amines) is 1. The molecule has 1 fully saturated rings. The number of rotatable bonds is 6. The Balaban J connectivity index is 1.80. The second-order valence-electron chi connectivity index (χ2n) is 8.78. The molecule has 1 saturated heterocycles. The van der Waals surface area contributed by atoms with Gasteiger partial charge in [-0.05, 0) is 30.4 Å². The Kier molecular flexibility index (Phi) is 6.21. The van der Waals surface area contributed by atoms with Gasteiger partial charge in [-0.3, -0.25) is 14.5 Å². The number of hydrogen-bond donors (Lipinski definition) is 0. The van der Waals surface area contributed by atoms with Crippen LogP contribution in [0.5, 0.6) is 11.5 Å². The lowest BCUT2D eigenvalue weighted by molar-refractivity contribution is -0.138. The summed E-state index contributed by atoms with van der Waals surface area (Å²) in [6.45, 7) is 6.04. The van der Waals surface area contributed by atoms with E-state index in [0.717, 1.165) is 25.1 Å². The minimum absolute atomic E-state index is 0.156. The number of benzene rings is 2. The van der Waals surface area contributed by atoms with Crippen LogP contribution in [-0.2, 0) is 16.1 Å². The fraction of sp³-hybridized carbons (Fsp3) is 0.385. The Morgan fingerprint density at radius 2 is 1.44 bits per heavy atom. The zero-order valence-electron chi connectivity index (χ0n) is 19.1. The van der Waals surface area contributed by atoms with Gasteiger partial charge in [-0.2, -0.15) is 0 Å². The average molecular weight is 435 g/mol. The summed E-state index contributed by atoms with van der Waals surface area (Å²) in [6.07, 6.45) is 1.11. The predicted octanol–water partition coefficient (Wildman–Crippen LogP) is 3.96. The number of ether oxygens (including phenoxy) is 2. The molecule has 0 saturated carbocycles. The zero-order valence-corrected chi connectivity index (χ0v) is 19.1. The molecule has 6 heteroatoms. The van der Waals surface area contributed by atoms with Gasteiger partial charge in [-0.15, -0.1) is 0 Å². The van der Waals surface area contributed by atoms with Crippen molar-refractivity contribution in [3.05, 3.63) is 65.4 Å². The molecule has 2 heterocycles. The summed E-state index contributed by atoms with van der Waals surface area (Å²) >= 11 is 0. The molecule has 32 heavy (non-hydrogen) atoms. The summed E-state index contributed by atoms with van der Waals surface area (Å²) in [6, 6.07) is 14.9. The first-order chi connectivity index (χ1) is 15.4. The van der Waals surface area contributed by atoms with E-state index in [0.29, 0.717) is 40.2 Å². The molecule has 4 rings (SSSR count). The molecule has 0 radical (unpaired) electrons. The third-order valence-corrected chi connectivity index (χ3v) is 6.23. The number of amides is 2. The lowest BCUT2D eigenvalue weighted by atomic mass is 9.91. The average Bonchev–Trinajstić information content (AvgIpc) is 3.03. The van der Waals surface area contributed by atoms with E-state index in [1.165, 1.54) is 4.90 Å². The maximum absolute atomic E-state index is 13.7. The Bertz CT molecular complexity index is 1050. The molecule has 0 aromatic heterocycles. The van der Waals surface area contributed by atoms with Gasteiger partial charge in [-0.1, -0.05) is 50.2 Å². The fourth-order valence-electron chi connectivity index (χ4n) is 4.94. The van der Waals surface area contributed by atoms with Gasteiger partial charge in [0.2, 0.25) is 0 Å². The van der Waals surface area contributed by atoms with Crippen molar-refractivity contribution >= 4 is 17.4 Å². The molecular formula is C26H30N2O4. The van der Waals surface area contributed by atoms with Crippen molar-refractivity contribution in [1.82, 2.24) is 9.80 Å². The van der Waals surface area contributed by atoms with Gasteiger partial charge in [-0.25, -0.2) is 0 Å². The first kappa shape index (κ1) is 21.9. The normalized spacial score (nSPS) is 21.4. The maximum atomic E-state index is 13.7. The molecule has 2 aliphatic heterocycles. The third-order valence-electron chi connectivity index (χ3n) is 6.23. The van der Waals surface area contributed by atoms with Crippen molar-refractivity contribution in [3.63, 3.8) is 0 Å². The van der Waals surface area contributed by atoms with Crippen LogP contribution >= 0.6 is 0 Å². The number of carbonyl (C=O) groups excluding carboxylic acids is 2. The van der Waals surface area contributed by atoms with E-state index in [1.54, 1.807) is 14.2 Å². The summed E-state index contributed by atoms with van der Waals surface area (Å²) in [5, 5.41) is 0. The van der Waals surface area contributed by atoms with Crippen LogP contribution in [0.4, 0.5) is 0 Å². The number of piperidine rings is 1. The van der Waals surface area contributed by atoms with Gasteiger partial charge in [0, 0.05) is 24.2 Å². The highest BCUT2D eigenvalue weighted by Gasteiger charge is 2.43. The molecule has 168 valence electrons. The minimum atomic E-state index is -0.300. The second kappa shape index (κ2) is 9.07. The molecule has 2 aromatic carbocycles. The van der Waals surface area contributed by atoms with Gasteiger partial charge >= 0.3 is 0 Å². The number of carbonyl (C=O) groups is 2. The van der Waals surface area contributed by atoms with E-state index in [2.05, 4.69) is 18.7 Å². The van der Waals surface area contributed by atoms with Gasteiger partial charge in [0.25, 0.3) is 11.8 Å². The molecule has 2 amide bonds. The molecular weight excluding hydrogens is 404 g/mol. The Morgan fingerprint density at radius 3 is 2.09 bits per heavy atom. The van der Waals surface area contributed by atoms with E-state index in [-0.39, 0.29) is 18.4 Å². The van der Waals surface area contributed by atoms with E-state index >= 15 is 0 Å². The first-order valence-electron chi connectivity index (χ1n) is 11.0. The molecule has 0 aliphatic carbocycles. The number of imide groups is 1. The topological polar surface area (TPSA) is 59.1 Å². The smallest absolute Gasteiger partial charge is 0.278 e. The number of methoxy groups -OCH3 is 2. The summed E-state index contributed by atoms with van der Waals surface area (Å²) in [4.78, 5) is 30.9. The van der Waals surface area contributed by atoms with Gasteiger partial charge < -0.3 is 14.4 Å². The van der Waals surface area contributed by atoms with Crippen molar-refractivity contribution in [1.29, 1.82) is 0 Å². The van der Waals surface area contributed by atoms with Crippen LogP contribution in [-0.4, -0.2) is 48.9 Å². The van der Waals surface area contributed by atoms with Crippen molar-refractivity contribution in [2.24, 2.45) is 11.8 Å². The van der Waals surface area contributed by atoms with Crippen molar-refractivity contribution in [3.8, 4) is 11.5 Å². The van der Waals surface area contributed by atoms with Gasteiger partial charge in [0.15, 0.2) is 0 Å². The van der Waals surface area contributed by atoms with Crippen LogP contribution in [0.15, 0.2) is 54.2 Å². The Hall–Kier alpha value is -3.28. The summed E-state index contributed by atoms with van der Waals surface area (Å²) in [5.41, 5.74) is 2.34. The van der Waals surface area contributed by atoms with Crippen LogP contribution in [0, 0.1) is 11.8 Å². The van der Waals surface area contributed by atoms with Crippen molar-refractivity contribution in [2.75, 3.05) is 27.3 Å². The van der Waals surface area contributed by atoms with Gasteiger partial charge in [0.1, 0.15) is 17.2 Å². The minimum Gasteiger partial charge on any atom is -0.496 e. The zero-order chi connectivity index (χ0) is 22.8. The highest BCUT2D eigenvalue weighted by Crippen LogP contribution is 2.39. The molecule has 0 N–H and O–H groups in total. The Labute approximate surface area is 189 Å². The largest absolute Gasteiger partial charge is 0.496 e. The van der Waals surface area contributed by atoms with Gasteiger partial charge in [0.05, 0.1) is 26.3 Å². The number of para-hydroxylation sites is 2. The molecule has 6 nitrogen and oxygen atoms in total. The van der Waals surface area contributed by atoms with Crippen molar-refractivity contribution < 1.29 is 19.1 Å². The lowest BCUT2D eigenvalue weighted by Crippen LogP contribution is -2.41. The van der Waals surface area contributed by atoms with Crippen LogP contribution in [0.25, 0.3) is 5.57 Å². The standard InChI is InChI=1S/C26H30N2O4/c1-17-13-18(2)15-27(14-17)24-23(20-10-6-8-12-22(20)32-4)25(29)28(26(24)30)16-19-9-5-7-11-21(19)31-3/h5-12,17-18H,13-16H2,1-4H3. The first-order valence-corrected chi connectivity index (χ1v) is 11.0. The van der Waals surface area contributed by atoms with Crippen LogP contribution in [0.3, 0.4) is 0 Å². The molecule has 0 spiro atoms. The fourth-order valence-corrected chi connectivity index (χ4v) is 4.94.